The first-order valence-corrected chi connectivity index (χ1v) is 7.73. The third-order valence-corrected chi connectivity index (χ3v) is 4.29. The second-order valence-corrected chi connectivity index (χ2v) is 6.16. The van der Waals surface area contributed by atoms with Crippen molar-refractivity contribution in [1.82, 2.24) is 5.32 Å². The first-order chi connectivity index (χ1) is 11.4. The maximum atomic E-state index is 12.0. The Balaban J connectivity index is 2.23. The zero-order valence-corrected chi connectivity index (χ0v) is 13.5. The van der Waals surface area contributed by atoms with Gasteiger partial charge in [0, 0.05) is 35.9 Å². The largest absolute Gasteiger partial charge is 0.356 e. The van der Waals surface area contributed by atoms with Gasteiger partial charge in [0.05, 0.1) is 0 Å². The van der Waals surface area contributed by atoms with Gasteiger partial charge >= 0.3 is 0 Å². The van der Waals surface area contributed by atoms with E-state index >= 15 is 0 Å². The zero-order chi connectivity index (χ0) is 17.4. The topological polar surface area (TPSA) is 117 Å². The Hall–Kier alpha value is -2.70. The highest BCUT2D eigenvalue weighted by Crippen LogP contribution is 2.39. The summed E-state index contributed by atoms with van der Waals surface area (Å²) in [6.07, 6.45) is 0.129. The van der Waals surface area contributed by atoms with Crippen LogP contribution in [0.15, 0.2) is 54.6 Å². The lowest BCUT2D eigenvalue weighted by Crippen LogP contribution is -2.76. The molecule has 7 N–H and O–H groups in total. The van der Waals surface area contributed by atoms with Crippen molar-refractivity contribution in [2.75, 3.05) is 5.32 Å². The Bertz CT molecular complexity index is 787. The molecule has 3 rings (SSSR count). The number of para-hydroxylation sites is 1. The molecule has 24 heavy (non-hydrogen) atoms. The molecule has 124 valence electrons. The number of benzene rings is 2. The average Bonchev–Trinajstić information content (AvgIpc) is 2.53. The van der Waals surface area contributed by atoms with Crippen molar-refractivity contribution < 1.29 is 4.79 Å². The Morgan fingerprint density at radius 1 is 1.08 bits per heavy atom. The van der Waals surface area contributed by atoms with E-state index in [9.17, 15) is 4.79 Å². The van der Waals surface area contributed by atoms with E-state index in [2.05, 4.69) is 10.6 Å². The minimum absolute atomic E-state index is 0.129. The predicted octanol–water partition coefficient (Wildman–Crippen LogP) is 1.47. The van der Waals surface area contributed by atoms with Gasteiger partial charge in [0.25, 0.3) is 0 Å². The summed E-state index contributed by atoms with van der Waals surface area (Å²) in [6, 6.07) is 16.8. The van der Waals surface area contributed by atoms with E-state index < -0.39 is 11.3 Å². The van der Waals surface area contributed by atoms with Gasteiger partial charge in [-0.1, -0.05) is 42.5 Å². The highest BCUT2D eigenvalue weighted by molar-refractivity contribution is 6.02. The highest BCUT2D eigenvalue weighted by atomic mass is 16.1. The lowest BCUT2D eigenvalue weighted by atomic mass is 9.73. The number of hydrogen-bond acceptors (Lipinski definition) is 5. The van der Waals surface area contributed by atoms with Crippen LogP contribution in [0.5, 0.6) is 0 Å². The lowest BCUT2D eigenvalue weighted by Gasteiger charge is -2.51. The molecule has 2 aromatic rings. The first kappa shape index (κ1) is 16.2. The minimum Gasteiger partial charge on any atom is -0.356 e. The summed E-state index contributed by atoms with van der Waals surface area (Å²) >= 11 is 0. The molecule has 1 aliphatic rings. The van der Waals surface area contributed by atoms with Gasteiger partial charge in [-0.25, -0.2) is 0 Å². The van der Waals surface area contributed by atoms with Gasteiger partial charge < -0.3 is 27.5 Å². The maximum absolute atomic E-state index is 12.0. The van der Waals surface area contributed by atoms with Gasteiger partial charge in [0.1, 0.15) is 5.66 Å². The minimum atomic E-state index is -1.38. The molecule has 6 heteroatoms. The van der Waals surface area contributed by atoms with Crippen LogP contribution in [-0.4, -0.2) is 17.3 Å². The second-order valence-electron chi connectivity index (χ2n) is 6.16. The molecule has 0 spiro atoms. The van der Waals surface area contributed by atoms with Crippen LogP contribution in [0.25, 0.3) is 0 Å². The van der Waals surface area contributed by atoms with Gasteiger partial charge in [-0.2, -0.15) is 0 Å². The number of nitrogens with one attached hydrogen (secondary N) is 3. The van der Waals surface area contributed by atoms with E-state index in [1.165, 1.54) is 6.92 Å². The Morgan fingerprint density at radius 3 is 2.38 bits per heavy atom. The van der Waals surface area contributed by atoms with Crippen LogP contribution in [-0.2, 0) is 10.5 Å². The SMILES string of the molecule is CC(=O)NC1(Nc2ccccc2)c2ccccc2C(=N)CC1(N)N. The van der Waals surface area contributed by atoms with Crippen LogP contribution >= 0.6 is 0 Å². The smallest absolute Gasteiger partial charge is 0.219 e. The molecule has 1 amide bonds. The predicted molar refractivity (Wildman–Crippen MR) is 94.6 cm³/mol. The molecule has 0 saturated heterocycles. The molecule has 0 saturated carbocycles. The van der Waals surface area contributed by atoms with E-state index in [0.717, 1.165) is 11.3 Å². The zero-order valence-electron chi connectivity index (χ0n) is 13.5. The average molecular weight is 323 g/mol. The van der Waals surface area contributed by atoms with Crippen molar-refractivity contribution in [3.05, 3.63) is 65.7 Å². The van der Waals surface area contributed by atoms with Crippen LogP contribution in [0.2, 0.25) is 0 Å². The molecule has 0 bridgehead atoms. The summed E-state index contributed by atoms with van der Waals surface area (Å²) in [5.41, 5.74) is 12.8. The van der Waals surface area contributed by atoms with Crippen LogP contribution in [0.3, 0.4) is 0 Å². The fourth-order valence-corrected chi connectivity index (χ4v) is 3.25. The molecule has 1 aliphatic carbocycles. The number of fused-ring (bicyclic) bond motifs is 1. The monoisotopic (exact) mass is 323 g/mol. The quantitative estimate of drug-likeness (QED) is 0.550. The van der Waals surface area contributed by atoms with Crippen molar-refractivity contribution in [2.45, 2.75) is 24.7 Å². The van der Waals surface area contributed by atoms with Crippen LogP contribution < -0.4 is 22.1 Å². The molecule has 0 aromatic heterocycles. The summed E-state index contributed by atoms with van der Waals surface area (Å²) in [7, 11) is 0. The van der Waals surface area contributed by atoms with E-state index in [1.54, 1.807) is 0 Å². The van der Waals surface area contributed by atoms with E-state index in [1.807, 2.05) is 54.6 Å². The maximum Gasteiger partial charge on any atom is 0.219 e. The number of hydrogen-bond donors (Lipinski definition) is 5. The van der Waals surface area contributed by atoms with E-state index in [4.69, 9.17) is 16.9 Å². The highest BCUT2D eigenvalue weighted by Gasteiger charge is 2.53. The summed E-state index contributed by atoms with van der Waals surface area (Å²) in [6.45, 7) is 1.42. The summed E-state index contributed by atoms with van der Waals surface area (Å²) in [4.78, 5) is 12.0. The fourth-order valence-electron chi connectivity index (χ4n) is 3.25. The molecular formula is C18H21N5O. The van der Waals surface area contributed by atoms with Gasteiger partial charge in [0.2, 0.25) is 5.91 Å². The molecule has 2 aromatic carbocycles. The van der Waals surface area contributed by atoms with Crippen LogP contribution in [0.1, 0.15) is 24.5 Å². The molecule has 0 radical (unpaired) electrons. The Kier molecular flexibility index (Phi) is 3.87. The standard InChI is InChI=1S/C18H21N5O/c1-12(24)22-18(23-13-7-3-2-4-8-13)15-10-6-5-9-14(15)16(19)11-17(18,20)21/h2-10,19,23H,11,20-21H2,1H3,(H,22,24). The summed E-state index contributed by atoms with van der Waals surface area (Å²) in [5.74, 6) is -0.262. The fraction of sp³-hybridized carbons (Fsp3) is 0.222. The van der Waals surface area contributed by atoms with Crippen LogP contribution in [0, 0.1) is 5.41 Å². The second kappa shape index (κ2) is 5.74. The molecule has 1 unspecified atom stereocenters. The number of nitrogens with two attached hydrogens (primary N) is 2. The molecular weight excluding hydrogens is 302 g/mol. The number of amides is 1. The van der Waals surface area contributed by atoms with E-state index in [-0.39, 0.29) is 12.3 Å². The Labute approximate surface area is 140 Å². The third-order valence-electron chi connectivity index (χ3n) is 4.29. The number of carbonyl (C=O) groups is 1. The molecule has 0 aliphatic heterocycles. The van der Waals surface area contributed by atoms with Crippen molar-refractivity contribution in [1.29, 1.82) is 5.41 Å². The van der Waals surface area contributed by atoms with Crippen molar-refractivity contribution in [2.24, 2.45) is 11.5 Å². The van der Waals surface area contributed by atoms with Crippen LogP contribution in [0.4, 0.5) is 5.69 Å². The number of anilines is 1. The number of rotatable bonds is 3. The molecule has 6 nitrogen and oxygen atoms in total. The van der Waals surface area contributed by atoms with Crippen molar-refractivity contribution >= 4 is 17.3 Å². The summed E-state index contributed by atoms with van der Waals surface area (Å²) in [5, 5.41) is 14.5. The van der Waals surface area contributed by atoms with Gasteiger partial charge in [-0.3, -0.25) is 4.79 Å². The van der Waals surface area contributed by atoms with Crippen molar-refractivity contribution in [3.8, 4) is 0 Å². The first-order valence-electron chi connectivity index (χ1n) is 7.73. The summed E-state index contributed by atoms with van der Waals surface area (Å²) < 4.78 is 0. The number of carbonyl (C=O) groups excluding carboxylic acids is 1. The van der Waals surface area contributed by atoms with Gasteiger partial charge in [0.15, 0.2) is 5.66 Å². The van der Waals surface area contributed by atoms with Gasteiger partial charge in [-0.05, 0) is 12.1 Å². The van der Waals surface area contributed by atoms with E-state index in [0.29, 0.717) is 11.3 Å². The normalized spacial score (nSPS) is 21.7. The lowest BCUT2D eigenvalue weighted by molar-refractivity contribution is -0.121. The van der Waals surface area contributed by atoms with Crippen molar-refractivity contribution in [3.63, 3.8) is 0 Å². The molecule has 0 fully saturated rings. The Morgan fingerprint density at radius 2 is 1.71 bits per heavy atom. The molecule has 1 atom stereocenters. The third kappa shape index (κ3) is 2.55. The molecule has 0 heterocycles. The van der Waals surface area contributed by atoms with Gasteiger partial charge in [-0.15, -0.1) is 0 Å².